The maximum Gasteiger partial charge on any atom is 0.413 e. The largest absolute Gasteiger partial charge is 0.477 e. The van der Waals surface area contributed by atoms with Crippen LogP contribution in [0.2, 0.25) is 0 Å². The highest BCUT2D eigenvalue weighted by Gasteiger charge is 2.73. The Morgan fingerprint density at radius 2 is 1.22 bits per heavy atom. The zero-order valence-electron chi connectivity index (χ0n) is 7.57. The number of halogens is 9. The first-order valence-corrected chi connectivity index (χ1v) is 5.31. The first-order valence-electron chi connectivity index (χ1n) is 3.36. The predicted molar refractivity (Wildman–Crippen MR) is 38.8 cm³/mol. The molecule has 14 heteroatoms. The Kier molecular flexibility index (Phi) is 2.92. The molecule has 0 atom stereocenters. The molecule has 0 fully saturated rings. The summed E-state index contributed by atoms with van der Waals surface area (Å²) >= 11 is 0. The fourth-order valence-electron chi connectivity index (χ4n) is 0.516. The van der Waals surface area contributed by atoms with Crippen LogP contribution in [0.25, 0.3) is 0 Å². The molecule has 4 nitrogen and oxygen atoms in total. The summed E-state index contributed by atoms with van der Waals surface area (Å²) in [7, 11) is -11.0. The molecular formula is C4H2F9NO3S. The van der Waals surface area contributed by atoms with Crippen molar-refractivity contribution in [2.75, 3.05) is 0 Å². The van der Waals surface area contributed by atoms with Crippen molar-refractivity contribution in [3.63, 3.8) is 0 Å². The molecule has 0 heterocycles. The molecule has 0 aromatic carbocycles. The van der Waals surface area contributed by atoms with Gasteiger partial charge in [-0.15, -0.1) is 0 Å². The molecule has 0 aliphatic heterocycles. The lowest BCUT2D eigenvalue weighted by molar-refractivity contribution is -0.221. The van der Waals surface area contributed by atoms with Crippen LogP contribution in [0.1, 0.15) is 0 Å². The second kappa shape index (κ2) is 3.16. The van der Waals surface area contributed by atoms with E-state index in [4.69, 9.17) is 5.11 Å². The lowest BCUT2D eigenvalue weighted by atomic mass is 10.1. The van der Waals surface area contributed by atoms with Crippen molar-refractivity contribution in [2.24, 2.45) is 0 Å². The van der Waals surface area contributed by atoms with Crippen LogP contribution in [-0.2, 0) is 9.59 Å². The lowest BCUT2D eigenvalue weighted by Crippen LogP contribution is -2.57. The summed E-state index contributed by atoms with van der Waals surface area (Å²) in [6.07, 6.45) is 0. The fourth-order valence-corrected chi connectivity index (χ4v) is 0.995. The molecule has 0 aromatic heterocycles. The van der Waals surface area contributed by atoms with Gasteiger partial charge in [-0.25, -0.2) is 9.52 Å². The van der Waals surface area contributed by atoms with E-state index in [-0.39, 0.29) is 0 Å². The lowest BCUT2D eigenvalue weighted by Gasteiger charge is -2.41. The Hall–Kier alpha value is -1.34. The van der Waals surface area contributed by atoms with Crippen LogP contribution >= 0.6 is 10.4 Å². The summed E-state index contributed by atoms with van der Waals surface area (Å²) in [5.74, 6) is -20.6. The Morgan fingerprint density at radius 3 is 1.44 bits per heavy atom. The number of amides is 1. The van der Waals surface area contributed by atoms with Crippen LogP contribution in [-0.4, -0.2) is 28.8 Å². The third-order valence-electron chi connectivity index (χ3n) is 1.23. The molecule has 110 valence electrons. The van der Waals surface area contributed by atoms with E-state index in [0.29, 0.717) is 0 Å². The van der Waals surface area contributed by atoms with E-state index in [1.54, 1.807) is 0 Å². The number of carboxylic acid groups (broad SMARTS) is 1. The van der Waals surface area contributed by atoms with Crippen LogP contribution in [0, 0.1) is 0 Å². The molecule has 0 aliphatic carbocycles. The first-order chi connectivity index (χ1) is 7.30. The van der Waals surface area contributed by atoms with Crippen LogP contribution in [0.3, 0.4) is 0 Å². The second-order valence-corrected chi connectivity index (χ2v) is 5.00. The van der Waals surface area contributed by atoms with E-state index in [9.17, 15) is 46.6 Å². The Bertz CT molecular complexity index is 399. The van der Waals surface area contributed by atoms with Gasteiger partial charge in [0.1, 0.15) is 0 Å². The molecule has 1 amide bonds. The summed E-state index contributed by atoms with van der Waals surface area (Å²) in [6.45, 7) is 0. The fraction of sp³-hybridized carbons (Fsp3) is 0.500. The SMILES string of the molecule is O=C(O)C(F)(F)C(F)(F)C(=O)NS(F)(F)(F)(F)F. The number of nitrogens with one attached hydrogen (secondary N) is 1. The summed E-state index contributed by atoms with van der Waals surface area (Å²) < 4.78 is 105. The summed E-state index contributed by atoms with van der Waals surface area (Å²) in [4.78, 5) is 19.7. The van der Waals surface area contributed by atoms with E-state index < -0.39 is 38.9 Å². The van der Waals surface area contributed by atoms with E-state index in [0.717, 1.165) is 0 Å². The number of rotatable bonds is 4. The van der Waals surface area contributed by atoms with Crippen molar-refractivity contribution in [1.29, 1.82) is 0 Å². The highest BCUT2D eigenvalue weighted by Crippen LogP contribution is 2.94. The van der Waals surface area contributed by atoms with Crippen LogP contribution in [0.15, 0.2) is 0 Å². The van der Waals surface area contributed by atoms with Gasteiger partial charge in [-0.2, -0.15) is 17.6 Å². The standard InChI is InChI=1S/C4H2F9NO3S/c5-3(6,4(7,8)2(16)17)1(15)14-18(9,10,11,12)13/h(H,14,15)(H,16,17). The highest BCUT2D eigenvalue weighted by atomic mass is 32.5. The maximum atomic E-state index is 12.4. The highest BCUT2D eigenvalue weighted by molar-refractivity contribution is 8.44. The van der Waals surface area contributed by atoms with Crippen molar-refractivity contribution in [3.8, 4) is 0 Å². The summed E-state index contributed by atoms with van der Waals surface area (Å²) in [5.41, 5.74) is 0. The third-order valence-corrected chi connectivity index (χ3v) is 1.80. The molecule has 0 radical (unpaired) electrons. The van der Waals surface area contributed by atoms with Gasteiger partial charge in [0.05, 0.1) is 0 Å². The van der Waals surface area contributed by atoms with E-state index in [2.05, 4.69) is 0 Å². The van der Waals surface area contributed by atoms with Gasteiger partial charge < -0.3 is 5.11 Å². The minimum absolute atomic E-state index is 1.47. The number of carbonyl (C=O) groups excluding carboxylic acids is 1. The summed E-state index contributed by atoms with van der Waals surface area (Å²) in [5, 5.41) is 7.58. The van der Waals surface area contributed by atoms with Gasteiger partial charge in [0.25, 0.3) is 0 Å². The van der Waals surface area contributed by atoms with Gasteiger partial charge >= 0.3 is 34.1 Å². The molecule has 0 aromatic rings. The number of carbonyl (C=O) groups is 2. The van der Waals surface area contributed by atoms with Crippen LogP contribution < -0.4 is 4.72 Å². The minimum Gasteiger partial charge on any atom is -0.477 e. The molecular weight excluding hydrogens is 313 g/mol. The zero-order valence-corrected chi connectivity index (χ0v) is 8.39. The number of carboxylic acids is 1. The summed E-state index contributed by atoms with van der Waals surface area (Å²) in [6, 6.07) is 0. The normalized spacial score (nSPS) is 17.6. The number of aliphatic carboxylic acids is 1. The monoisotopic (exact) mass is 315 g/mol. The molecule has 0 saturated carbocycles. The van der Waals surface area contributed by atoms with E-state index >= 15 is 0 Å². The molecule has 0 spiro atoms. The Balaban J connectivity index is 5.46. The molecule has 2 N–H and O–H groups in total. The van der Waals surface area contributed by atoms with Crippen LogP contribution in [0.4, 0.5) is 37.0 Å². The van der Waals surface area contributed by atoms with E-state index in [1.807, 2.05) is 0 Å². The molecule has 0 saturated heterocycles. The van der Waals surface area contributed by atoms with Gasteiger partial charge in [0.2, 0.25) is 0 Å². The molecule has 18 heavy (non-hydrogen) atoms. The molecule has 0 rings (SSSR count). The van der Waals surface area contributed by atoms with Crippen molar-refractivity contribution in [2.45, 2.75) is 11.8 Å². The topological polar surface area (TPSA) is 66.4 Å². The first kappa shape index (κ1) is 16.7. The third kappa shape index (κ3) is 3.85. The van der Waals surface area contributed by atoms with Crippen molar-refractivity contribution in [1.82, 2.24) is 4.72 Å². The average molecular weight is 315 g/mol. The van der Waals surface area contributed by atoms with Crippen LogP contribution in [0.5, 0.6) is 0 Å². The van der Waals surface area contributed by atoms with Crippen molar-refractivity contribution in [3.05, 3.63) is 0 Å². The Labute approximate surface area is 91.6 Å². The average Bonchev–Trinajstić information content (AvgIpc) is 1.97. The quantitative estimate of drug-likeness (QED) is 0.784. The number of hydrogen-bond donors (Lipinski definition) is 2. The Morgan fingerprint density at radius 1 is 0.889 bits per heavy atom. The van der Waals surface area contributed by atoms with Gasteiger partial charge in [-0.05, 0) is 0 Å². The molecule has 0 aliphatic rings. The van der Waals surface area contributed by atoms with Crippen molar-refractivity contribution < 1.29 is 51.7 Å². The molecule has 0 unspecified atom stereocenters. The number of hydrogen-bond acceptors (Lipinski definition) is 2. The maximum absolute atomic E-state index is 12.4. The zero-order chi connectivity index (χ0) is 15.3. The molecule has 0 bridgehead atoms. The smallest absolute Gasteiger partial charge is 0.413 e. The second-order valence-electron chi connectivity index (χ2n) is 2.85. The van der Waals surface area contributed by atoms with Gasteiger partial charge in [-0.1, -0.05) is 19.4 Å². The van der Waals surface area contributed by atoms with Crippen molar-refractivity contribution >= 4 is 22.3 Å². The van der Waals surface area contributed by atoms with Gasteiger partial charge in [0, 0.05) is 0 Å². The van der Waals surface area contributed by atoms with Gasteiger partial charge in [0.15, 0.2) is 0 Å². The minimum atomic E-state index is -11.0. The number of alkyl halides is 4. The predicted octanol–water partition coefficient (Wildman–Crippen LogP) is 2.67. The van der Waals surface area contributed by atoms with Gasteiger partial charge in [-0.3, -0.25) is 4.79 Å². The van der Waals surface area contributed by atoms with E-state index in [1.165, 1.54) is 0 Å².